The Labute approximate surface area is 271 Å². The van der Waals surface area contributed by atoms with Crippen molar-refractivity contribution in [3.05, 3.63) is 64.6 Å². The third-order valence-electron chi connectivity index (χ3n) is 9.12. The van der Waals surface area contributed by atoms with Crippen molar-refractivity contribution in [1.82, 2.24) is 19.4 Å². The molecular weight excluding hydrogens is 620 g/mol. The molecule has 0 saturated carbocycles. The van der Waals surface area contributed by atoms with E-state index in [2.05, 4.69) is 17.3 Å². The van der Waals surface area contributed by atoms with Gasteiger partial charge in [0.15, 0.2) is 17.4 Å². The first-order valence-electron chi connectivity index (χ1n) is 15.2. The van der Waals surface area contributed by atoms with Crippen LogP contribution in [-0.2, 0) is 11.8 Å². The molecule has 2 fully saturated rings. The lowest BCUT2D eigenvalue weighted by Crippen LogP contribution is -2.56. The number of hydrogen-bond acceptors (Lipinski definition) is 6. The van der Waals surface area contributed by atoms with Gasteiger partial charge in [-0.05, 0) is 30.3 Å². The van der Waals surface area contributed by atoms with Crippen molar-refractivity contribution < 1.29 is 32.4 Å². The molecule has 1 aromatic heterocycles. The zero-order valence-electron chi connectivity index (χ0n) is 26.2. The Morgan fingerprint density at radius 1 is 1.07 bits per heavy atom. The number of piperazine rings is 1. The Bertz CT molecular complexity index is 1630. The van der Waals surface area contributed by atoms with Gasteiger partial charge in [-0.2, -0.15) is 4.39 Å². The molecule has 0 unspecified atom stereocenters. The van der Waals surface area contributed by atoms with E-state index in [9.17, 15) is 23.2 Å². The highest BCUT2D eigenvalue weighted by molar-refractivity contribution is 6.34. The lowest BCUT2D eigenvalue weighted by Gasteiger charge is -2.42. The number of nitrogens with zero attached hydrogens (tertiary/aromatic N) is 5. The molecule has 3 heterocycles. The van der Waals surface area contributed by atoms with Crippen LogP contribution in [0.25, 0.3) is 11.3 Å². The van der Waals surface area contributed by atoms with Gasteiger partial charge in [0.25, 0.3) is 11.8 Å². The predicted molar refractivity (Wildman–Crippen MR) is 170 cm³/mol. The maximum Gasteiger partial charge on any atom is 0.291 e. The molecule has 246 valence electrons. The highest BCUT2D eigenvalue weighted by atomic mass is 35.5. The van der Waals surface area contributed by atoms with Crippen molar-refractivity contribution in [3.8, 4) is 17.0 Å². The van der Waals surface area contributed by atoms with Gasteiger partial charge in [0.05, 0.1) is 56.3 Å². The minimum atomic E-state index is -1.14. The molecule has 46 heavy (non-hydrogen) atoms. The van der Waals surface area contributed by atoms with Crippen molar-refractivity contribution in [2.24, 2.45) is 18.7 Å². The van der Waals surface area contributed by atoms with E-state index in [1.54, 1.807) is 11.0 Å². The van der Waals surface area contributed by atoms with Crippen molar-refractivity contribution >= 4 is 35.0 Å². The summed E-state index contributed by atoms with van der Waals surface area (Å²) in [5, 5.41) is 2.84. The molecule has 5 rings (SSSR count). The number of likely N-dealkylation sites (N-methyl/N-ethyl adjacent to an activating group) is 1. The van der Waals surface area contributed by atoms with E-state index in [1.165, 1.54) is 49.2 Å². The van der Waals surface area contributed by atoms with E-state index >= 15 is 0 Å². The van der Waals surface area contributed by atoms with E-state index in [0.29, 0.717) is 38.4 Å². The van der Waals surface area contributed by atoms with Crippen LogP contribution in [0.4, 0.5) is 14.5 Å². The first-order chi connectivity index (χ1) is 22.0. The summed E-state index contributed by atoms with van der Waals surface area (Å²) in [6.45, 7) is 5.14. The normalized spacial score (nSPS) is 20.0. The van der Waals surface area contributed by atoms with E-state index in [1.807, 2.05) is 4.90 Å². The van der Waals surface area contributed by atoms with Crippen molar-refractivity contribution in [2.75, 3.05) is 71.8 Å². The van der Waals surface area contributed by atoms with Gasteiger partial charge in [-0.1, -0.05) is 11.6 Å². The molecule has 0 radical (unpaired) electrons. The van der Waals surface area contributed by atoms with Gasteiger partial charge >= 0.3 is 0 Å². The molecule has 3 amide bonds. The van der Waals surface area contributed by atoms with E-state index < -0.39 is 17.5 Å². The highest BCUT2D eigenvalue weighted by Crippen LogP contribution is 2.31. The molecule has 3 N–H and O–H groups in total. The summed E-state index contributed by atoms with van der Waals surface area (Å²) >= 11 is 6.49. The number of carbonyl (C=O) groups is 3. The topological polar surface area (TPSA) is 123 Å². The predicted octanol–water partition coefficient (Wildman–Crippen LogP) is 3.38. The fraction of sp³-hybridized carbons (Fsp3) is 0.438. The maximum absolute atomic E-state index is 14.7. The molecule has 14 heteroatoms. The SMILES string of the molecule is COc1ccc(-c2cnc(C(=O)Nc3ccc(C(=O)N4CCN(C(=O)C5CC[N+](C)(CCN)CC5)CC4)c(Cl)c3)n2C)c(F)c1F. The molecule has 3 aromatic rings. The highest BCUT2D eigenvalue weighted by Gasteiger charge is 2.36. The third kappa shape index (κ3) is 6.72. The van der Waals surface area contributed by atoms with Gasteiger partial charge in [0, 0.05) is 69.8 Å². The number of piperidine rings is 1. The number of halogens is 3. The van der Waals surface area contributed by atoms with Gasteiger partial charge in [0.1, 0.15) is 0 Å². The molecule has 0 spiro atoms. The number of quaternary nitrogens is 1. The molecule has 2 aromatic carbocycles. The number of imidazole rings is 1. The number of benzene rings is 2. The number of nitrogens with one attached hydrogen (secondary N) is 1. The fourth-order valence-electron chi connectivity index (χ4n) is 6.24. The van der Waals surface area contributed by atoms with Crippen molar-refractivity contribution in [2.45, 2.75) is 12.8 Å². The second-order valence-corrected chi connectivity index (χ2v) is 12.5. The second kappa shape index (κ2) is 13.7. The summed E-state index contributed by atoms with van der Waals surface area (Å²) in [5.74, 6) is -3.26. The molecule has 2 saturated heterocycles. The lowest BCUT2D eigenvalue weighted by molar-refractivity contribution is -0.913. The van der Waals surface area contributed by atoms with Crippen LogP contribution in [-0.4, -0.2) is 108 Å². The standard InChI is InChI=1S/C32H38ClF2N7O4/c1-39-25(23-6-7-26(46-3)28(35)27(23)34)19-37-29(39)30(43)38-21-4-5-22(24(33)18-21)32(45)41-13-11-40(12-14-41)31(44)20-8-15-42(2,16-9-20)17-10-36/h4-7,18-20H,8-17,36H2,1-3H3/p+1. The Morgan fingerprint density at radius 3 is 2.37 bits per heavy atom. The summed E-state index contributed by atoms with van der Waals surface area (Å²) < 4.78 is 36.0. The van der Waals surface area contributed by atoms with E-state index in [0.717, 1.165) is 37.0 Å². The Balaban J connectivity index is 1.18. The van der Waals surface area contributed by atoms with Crippen molar-refractivity contribution in [3.63, 3.8) is 0 Å². The van der Waals surface area contributed by atoms with Gasteiger partial charge < -0.3 is 34.6 Å². The molecular formula is C32H39ClF2N7O4+. The molecule has 2 aliphatic heterocycles. The number of aromatic nitrogens is 2. The average Bonchev–Trinajstić information content (AvgIpc) is 3.43. The van der Waals surface area contributed by atoms with Crippen LogP contribution in [0.2, 0.25) is 5.02 Å². The molecule has 11 nitrogen and oxygen atoms in total. The molecule has 0 bridgehead atoms. The quantitative estimate of drug-likeness (QED) is 0.358. The molecule has 0 aliphatic carbocycles. The maximum atomic E-state index is 14.7. The Kier molecular flexibility index (Phi) is 9.94. The third-order valence-corrected chi connectivity index (χ3v) is 9.44. The monoisotopic (exact) mass is 658 g/mol. The number of hydrogen-bond donors (Lipinski definition) is 2. The van der Waals surface area contributed by atoms with Crippen LogP contribution < -0.4 is 15.8 Å². The summed E-state index contributed by atoms with van der Waals surface area (Å²) in [6, 6.07) is 7.20. The summed E-state index contributed by atoms with van der Waals surface area (Å²) in [7, 11) is 4.94. The number of amides is 3. The first-order valence-corrected chi connectivity index (χ1v) is 15.6. The number of anilines is 1. The smallest absolute Gasteiger partial charge is 0.291 e. The number of nitrogens with two attached hydrogens (primary N) is 1. The Morgan fingerprint density at radius 2 is 1.74 bits per heavy atom. The first kappa shape index (κ1) is 33.3. The summed E-state index contributed by atoms with van der Waals surface area (Å²) in [5.41, 5.74) is 6.46. The number of rotatable bonds is 8. The second-order valence-electron chi connectivity index (χ2n) is 12.1. The van der Waals surface area contributed by atoms with E-state index in [-0.39, 0.29) is 51.1 Å². The van der Waals surface area contributed by atoms with Crippen molar-refractivity contribution in [1.29, 1.82) is 0 Å². The van der Waals surface area contributed by atoms with Gasteiger partial charge in [-0.15, -0.1) is 0 Å². The summed E-state index contributed by atoms with van der Waals surface area (Å²) in [6.07, 6.45) is 2.96. The zero-order valence-corrected chi connectivity index (χ0v) is 26.9. The average molecular weight is 659 g/mol. The van der Waals surface area contributed by atoms with Crippen LogP contribution in [0.1, 0.15) is 33.8 Å². The summed E-state index contributed by atoms with van der Waals surface area (Å²) in [4.78, 5) is 47.2. The fourth-order valence-corrected chi connectivity index (χ4v) is 6.50. The number of carbonyl (C=O) groups excluding carboxylic acids is 3. The number of ether oxygens (including phenoxy) is 1. The minimum absolute atomic E-state index is 0.00684. The number of likely N-dealkylation sites (tertiary alicyclic amines) is 1. The molecule has 2 aliphatic rings. The van der Waals surface area contributed by atoms with Crippen LogP contribution in [0.3, 0.4) is 0 Å². The van der Waals surface area contributed by atoms with Crippen LogP contribution in [0.15, 0.2) is 36.5 Å². The van der Waals surface area contributed by atoms with Crippen LogP contribution >= 0.6 is 11.6 Å². The lowest BCUT2D eigenvalue weighted by atomic mass is 9.93. The van der Waals surface area contributed by atoms with Gasteiger partial charge in [0.2, 0.25) is 11.7 Å². The number of methoxy groups -OCH3 is 1. The van der Waals surface area contributed by atoms with Gasteiger partial charge in [-0.25, -0.2) is 9.37 Å². The van der Waals surface area contributed by atoms with Crippen LogP contribution in [0, 0.1) is 17.6 Å². The van der Waals surface area contributed by atoms with E-state index in [4.69, 9.17) is 22.1 Å². The largest absolute Gasteiger partial charge is 0.494 e. The van der Waals surface area contributed by atoms with Crippen LogP contribution in [0.5, 0.6) is 5.75 Å². The van der Waals surface area contributed by atoms with Gasteiger partial charge in [-0.3, -0.25) is 14.4 Å². The minimum Gasteiger partial charge on any atom is -0.494 e. The zero-order chi connectivity index (χ0) is 33.2. The Hall–Kier alpha value is -4.07. The molecule has 0 atom stereocenters.